The predicted molar refractivity (Wildman–Crippen MR) is 232 cm³/mol. The van der Waals surface area contributed by atoms with E-state index in [4.69, 9.17) is 0 Å². The molecular formula is C52H40O8. The molecule has 0 atom stereocenters. The highest BCUT2D eigenvalue weighted by molar-refractivity contribution is 5.73. The Morgan fingerprint density at radius 2 is 0.300 bits per heavy atom. The zero-order valence-electron chi connectivity index (χ0n) is 32.3. The maximum atomic E-state index is 11.0. The Bertz CT molecular complexity index is 2380. The molecule has 0 unspecified atom stereocenters. The lowest BCUT2D eigenvalue weighted by atomic mass is 9.92. The first-order valence-electron chi connectivity index (χ1n) is 19.5. The number of aromatic hydroxyl groups is 8. The fourth-order valence-corrected chi connectivity index (χ4v) is 8.07. The molecule has 8 nitrogen and oxygen atoms in total. The Morgan fingerprint density at radius 3 is 0.417 bits per heavy atom. The van der Waals surface area contributed by atoms with Crippen molar-refractivity contribution in [3.05, 3.63) is 190 Å². The molecule has 0 amide bonds. The van der Waals surface area contributed by atoms with Crippen LogP contribution in [0, 0.1) is 0 Å². The number of hydrogen-bond donors (Lipinski definition) is 8. The summed E-state index contributed by atoms with van der Waals surface area (Å²) in [6.45, 7) is 0. The fourth-order valence-electron chi connectivity index (χ4n) is 8.07. The maximum Gasteiger partial charge on any atom is 0.119 e. The molecule has 0 aromatic heterocycles. The quantitative estimate of drug-likeness (QED) is 0.0753. The van der Waals surface area contributed by atoms with E-state index >= 15 is 0 Å². The number of hydrogen-bond acceptors (Lipinski definition) is 8. The molecule has 0 saturated carbocycles. The molecule has 1 aliphatic carbocycles. The van der Waals surface area contributed by atoms with Crippen molar-refractivity contribution in [3.63, 3.8) is 0 Å². The third-order valence-electron chi connectivity index (χ3n) is 11.5. The van der Waals surface area contributed by atoms with Gasteiger partial charge in [-0.1, -0.05) is 48.5 Å². The van der Waals surface area contributed by atoms with Crippen LogP contribution in [0.3, 0.4) is 0 Å². The van der Waals surface area contributed by atoms with E-state index in [9.17, 15) is 40.9 Å². The average molecular weight is 793 g/mol. The Balaban J connectivity index is 1.19. The molecule has 0 aliphatic heterocycles. The predicted octanol–water partition coefficient (Wildman–Crippen LogP) is 10.7. The summed E-state index contributed by atoms with van der Waals surface area (Å²) >= 11 is 0. The smallest absolute Gasteiger partial charge is 0.119 e. The van der Waals surface area contributed by atoms with Crippen molar-refractivity contribution in [2.45, 2.75) is 25.7 Å². The summed E-state index contributed by atoms with van der Waals surface area (Å²) in [6, 6.07) is 41.9. The van der Waals surface area contributed by atoms with Gasteiger partial charge in [-0.05, 0) is 186 Å². The highest BCUT2D eigenvalue weighted by Crippen LogP contribution is 2.39. The largest absolute Gasteiger partial charge is 0.508 e. The van der Waals surface area contributed by atoms with Crippen molar-refractivity contribution in [2.24, 2.45) is 0 Å². The molecule has 8 aromatic rings. The number of phenols is 8. The van der Waals surface area contributed by atoms with E-state index in [0.29, 0.717) is 44.5 Å². The minimum atomic E-state index is 0.0545. The van der Waals surface area contributed by atoms with Gasteiger partial charge in [0, 0.05) is 25.7 Å². The van der Waals surface area contributed by atoms with Gasteiger partial charge in [0.05, 0.1) is 0 Å². The van der Waals surface area contributed by atoms with Gasteiger partial charge in [-0.25, -0.2) is 0 Å². The second-order valence-electron chi connectivity index (χ2n) is 15.5. The van der Waals surface area contributed by atoms with Gasteiger partial charge in [0.15, 0.2) is 0 Å². The third-order valence-corrected chi connectivity index (χ3v) is 11.5. The molecule has 8 N–H and O–H groups in total. The lowest BCUT2D eigenvalue weighted by Crippen LogP contribution is -1.95. The number of benzene rings is 8. The summed E-state index contributed by atoms with van der Waals surface area (Å²) in [5.74, 6) is 0.436. The van der Waals surface area contributed by atoms with Crippen molar-refractivity contribution < 1.29 is 40.9 Å². The molecule has 60 heavy (non-hydrogen) atoms. The second kappa shape index (κ2) is 15.2. The van der Waals surface area contributed by atoms with Crippen LogP contribution in [0.15, 0.2) is 146 Å². The van der Waals surface area contributed by atoms with Crippen molar-refractivity contribution >= 4 is 0 Å². The molecule has 0 spiro atoms. The molecule has 296 valence electrons. The molecular weight excluding hydrogens is 753 g/mol. The Morgan fingerprint density at radius 1 is 0.183 bits per heavy atom. The van der Waals surface area contributed by atoms with Gasteiger partial charge >= 0.3 is 0 Å². The lowest BCUT2D eigenvalue weighted by Gasteiger charge is -2.15. The van der Waals surface area contributed by atoms with E-state index in [1.54, 1.807) is 97.1 Å². The number of rotatable bonds is 0. The average Bonchev–Trinajstić information content (AvgIpc) is 3.24. The molecule has 0 saturated heterocycles. The normalized spacial score (nSPS) is 12.3. The number of phenolic OH excluding ortho intramolecular Hbond substituents is 8. The standard InChI is InChI=1S/C52H40O8/c53-45-9-1-29-17-37(45)25-39-19-31(3-11-47(39)55)33-5-13-49(57)41(21-33)27-43-23-35(7-15-51(43)59)36-8-16-52(60)44(24-36)28-42-22-34(6-14-50(42)58)32-4-12-48(56)40(20-32)26-38-18-30(29)2-10-46(38)54/h1-24,53-60H,25-28H2. The molecule has 16 bridgehead atoms. The van der Waals surface area contributed by atoms with E-state index in [0.717, 1.165) is 44.5 Å². The van der Waals surface area contributed by atoms with Crippen LogP contribution in [0.2, 0.25) is 0 Å². The first-order valence-corrected chi connectivity index (χ1v) is 19.5. The van der Waals surface area contributed by atoms with E-state index in [-0.39, 0.29) is 71.7 Å². The van der Waals surface area contributed by atoms with Gasteiger partial charge in [0.25, 0.3) is 0 Å². The summed E-state index contributed by atoms with van der Waals surface area (Å²) < 4.78 is 0. The first-order chi connectivity index (χ1) is 28.9. The van der Waals surface area contributed by atoms with E-state index in [2.05, 4.69) is 0 Å². The Kier molecular flexibility index (Phi) is 9.53. The SMILES string of the molecule is Oc1ccc2cc1Cc1cc(ccc1O)-c1ccc(O)c(c1)Cc1cc(ccc1O)-c1ccc(O)c(c1)Cc1cc(ccc1O)-c1ccc(O)c(c1)Cc1cc-2ccc1O. The van der Waals surface area contributed by atoms with Gasteiger partial charge in [-0.15, -0.1) is 0 Å². The van der Waals surface area contributed by atoms with Gasteiger partial charge < -0.3 is 40.9 Å². The second-order valence-corrected chi connectivity index (χ2v) is 15.5. The lowest BCUT2D eigenvalue weighted by molar-refractivity contribution is 0.461. The van der Waals surface area contributed by atoms with Crippen molar-refractivity contribution in [1.29, 1.82) is 0 Å². The minimum absolute atomic E-state index is 0.0545. The highest BCUT2D eigenvalue weighted by atomic mass is 16.3. The van der Waals surface area contributed by atoms with Gasteiger partial charge in [-0.3, -0.25) is 0 Å². The molecule has 0 radical (unpaired) electrons. The van der Waals surface area contributed by atoms with Gasteiger partial charge in [0.1, 0.15) is 46.0 Å². The van der Waals surface area contributed by atoms with Crippen molar-refractivity contribution in [3.8, 4) is 90.5 Å². The molecule has 8 aromatic carbocycles. The zero-order valence-corrected chi connectivity index (χ0v) is 32.3. The maximum absolute atomic E-state index is 11.0. The van der Waals surface area contributed by atoms with Crippen LogP contribution in [0.25, 0.3) is 44.5 Å². The first kappa shape index (κ1) is 37.7. The molecule has 8 heteroatoms. The van der Waals surface area contributed by atoms with Crippen LogP contribution in [0.4, 0.5) is 0 Å². The van der Waals surface area contributed by atoms with Crippen LogP contribution in [-0.4, -0.2) is 40.9 Å². The summed E-state index contributed by atoms with van der Waals surface area (Å²) in [7, 11) is 0. The van der Waals surface area contributed by atoms with Crippen LogP contribution in [0.5, 0.6) is 46.0 Å². The van der Waals surface area contributed by atoms with Crippen LogP contribution < -0.4 is 0 Å². The highest BCUT2D eigenvalue weighted by Gasteiger charge is 2.17. The molecule has 0 fully saturated rings. The van der Waals surface area contributed by atoms with Crippen molar-refractivity contribution in [2.75, 3.05) is 0 Å². The van der Waals surface area contributed by atoms with Gasteiger partial charge in [0.2, 0.25) is 0 Å². The van der Waals surface area contributed by atoms with Gasteiger partial charge in [-0.2, -0.15) is 0 Å². The van der Waals surface area contributed by atoms with Crippen LogP contribution in [-0.2, 0) is 25.7 Å². The molecule has 0 heterocycles. The summed E-state index contributed by atoms with van der Waals surface area (Å²) in [5.41, 5.74) is 10.8. The van der Waals surface area contributed by atoms with Crippen LogP contribution >= 0.6 is 0 Å². The van der Waals surface area contributed by atoms with Crippen LogP contribution in [0.1, 0.15) is 44.5 Å². The Hall–Kier alpha value is -7.84. The van der Waals surface area contributed by atoms with E-state index in [1.807, 2.05) is 48.5 Å². The zero-order chi connectivity index (χ0) is 41.7. The van der Waals surface area contributed by atoms with Crippen molar-refractivity contribution in [1.82, 2.24) is 0 Å². The summed E-state index contributed by atoms with van der Waals surface area (Å²) in [6.07, 6.45) is 0.812. The minimum Gasteiger partial charge on any atom is -0.508 e. The molecule has 1 aliphatic rings. The topological polar surface area (TPSA) is 162 Å². The molecule has 9 rings (SSSR count). The fraction of sp³-hybridized carbons (Fsp3) is 0.0769. The van der Waals surface area contributed by atoms with E-state index < -0.39 is 0 Å². The Labute approximate surface area is 346 Å². The monoisotopic (exact) mass is 792 g/mol. The third kappa shape index (κ3) is 7.38. The summed E-state index contributed by atoms with van der Waals surface area (Å²) in [5, 5.41) is 88.1. The number of fused-ring (bicyclic) bond motifs is 20. The van der Waals surface area contributed by atoms with E-state index in [1.165, 1.54) is 0 Å². The summed E-state index contributed by atoms with van der Waals surface area (Å²) in [4.78, 5) is 0.